The van der Waals surface area contributed by atoms with Crippen LogP contribution in [0, 0.1) is 13.8 Å². The third-order valence-corrected chi connectivity index (χ3v) is 4.25. The van der Waals surface area contributed by atoms with Crippen molar-refractivity contribution in [2.24, 2.45) is 0 Å². The fourth-order valence-corrected chi connectivity index (χ4v) is 3.00. The van der Waals surface area contributed by atoms with Crippen molar-refractivity contribution in [2.75, 3.05) is 11.9 Å². The third kappa shape index (κ3) is 4.32. The minimum Gasteiger partial charge on any atom is -0.342 e. The summed E-state index contributed by atoms with van der Waals surface area (Å²) in [6.07, 6.45) is 3.51. The van der Waals surface area contributed by atoms with Crippen LogP contribution in [-0.2, 0) is 17.8 Å². The van der Waals surface area contributed by atoms with Crippen molar-refractivity contribution in [3.05, 3.63) is 29.2 Å². The summed E-state index contributed by atoms with van der Waals surface area (Å²) in [7, 11) is 0. The Bertz CT molecular complexity index is 744. The average molecular weight is 344 g/mol. The van der Waals surface area contributed by atoms with Crippen LogP contribution in [0.5, 0.6) is 0 Å². The molecule has 1 atom stereocenters. The van der Waals surface area contributed by atoms with Gasteiger partial charge in [-0.3, -0.25) is 4.79 Å². The zero-order chi connectivity index (χ0) is 17.8. The van der Waals surface area contributed by atoms with Crippen LogP contribution < -0.4 is 5.32 Å². The summed E-state index contributed by atoms with van der Waals surface area (Å²) >= 11 is 0. The number of anilines is 1. The Morgan fingerprint density at radius 1 is 1.28 bits per heavy atom. The van der Waals surface area contributed by atoms with Crippen LogP contribution in [-0.4, -0.2) is 43.5 Å². The quantitative estimate of drug-likeness (QED) is 0.886. The van der Waals surface area contributed by atoms with Gasteiger partial charge in [-0.15, -0.1) is 0 Å². The van der Waals surface area contributed by atoms with Crippen molar-refractivity contribution in [3.63, 3.8) is 0 Å². The number of nitrogens with one attached hydrogen (secondary N) is 1. The fourth-order valence-electron chi connectivity index (χ4n) is 3.00. The van der Waals surface area contributed by atoms with E-state index in [0.29, 0.717) is 30.8 Å². The molecule has 3 heterocycles. The molecule has 1 amide bonds. The van der Waals surface area contributed by atoms with E-state index < -0.39 is 0 Å². The molecule has 0 aromatic carbocycles. The van der Waals surface area contributed by atoms with Gasteiger partial charge < -0.3 is 14.7 Å². The smallest absolute Gasteiger partial charge is 0.246 e. The lowest BCUT2D eigenvalue weighted by atomic mass is 10.1. The summed E-state index contributed by atoms with van der Waals surface area (Å²) in [5.41, 5.74) is 1.86. The molecule has 134 valence electrons. The van der Waals surface area contributed by atoms with Gasteiger partial charge >= 0.3 is 0 Å². The molecule has 0 aliphatic carbocycles. The van der Waals surface area contributed by atoms with E-state index in [0.717, 1.165) is 37.1 Å². The van der Waals surface area contributed by atoms with Crippen LogP contribution >= 0.6 is 0 Å². The highest BCUT2D eigenvalue weighted by atomic mass is 16.5. The van der Waals surface area contributed by atoms with Gasteiger partial charge in [-0.1, -0.05) is 12.1 Å². The number of likely N-dealkylation sites (tertiary alicyclic amines) is 1. The van der Waals surface area contributed by atoms with Crippen molar-refractivity contribution in [2.45, 2.75) is 59.0 Å². The van der Waals surface area contributed by atoms with Crippen LogP contribution in [0.2, 0.25) is 0 Å². The molecule has 1 unspecified atom stereocenters. The first-order chi connectivity index (χ1) is 12.0. The van der Waals surface area contributed by atoms with Crippen molar-refractivity contribution < 1.29 is 9.32 Å². The van der Waals surface area contributed by atoms with Crippen LogP contribution in [0.3, 0.4) is 0 Å². The molecule has 1 aliphatic rings. The van der Waals surface area contributed by atoms with E-state index in [-0.39, 0.29) is 11.9 Å². The van der Waals surface area contributed by atoms with Crippen LogP contribution in [0.15, 0.2) is 10.6 Å². The van der Waals surface area contributed by atoms with Gasteiger partial charge in [0, 0.05) is 17.9 Å². The summed E-state index contributed by atoms with van der Waals surface area (Å²) in [6.45, 7) is 6.78. The minimum absolute atomic E-state index is 0.0245. The molecular formula is C17H24N6O2. The highest BCUT2D eigenvalue weighted by Crippen LogP contribution is 2.18. The molecule has 0 bridgehead atoms. The lowest BCUT2D eigenvalue weighted by Crippen LogP contribution is -2.41. The van der Waals surface area contributed by atoms with E-state index in [4.69, 9.17) is 4.52 Å². The van der Waals surface area contributed by atoms with Crippen LogP contribution in [0.4, 0.5) is 5.95 Å². The number of carbonyl (C=O) groups is 1. The first kappa shape index (κ1) is 17.3. The van der Waals surface area contributed by atoms with E-state index in [9.17, 15) is 4.79 Å². The number of carbonyl (C=O) groups excluding carboxylic acids is 1. The lowest BCUT2D eigenvalue weighted by molar-refractivity contribution is -0.132. The zero-order valence-corrected chi connectivity index (χ0v) is 14.9. The third-order valence-electron chi connectivity index (χ3n) is 4.25. The van der Waals surface area contributed by atoms with Crippen molar-refractivity contribution >= 4 is 11.9 Å². The van der Waals surface area contributed by atoms with Gasteiger partial charge in [-0.05, 0) is 45.6 Å². The molecular weight excluding hydrogens is 320 g/mol. The van der Waals surface area contributed by atoms with Gasteiger partial charge in [0.05, 0.1) is 0 Å². The predicted octanol–water partition coefficient (Wildman–Crippen LogP) is 2.03. The number of amides is 1. The first-order valence-corrected chi connectivity index (χ1v) is 8.74. The molecule has 0 radical (unpaired) electrons. The molecule has 8 heteroatoms. The molecule has 3 rings (SSSR count). The average Bonchev–Trinajstić information content (AvgIpc) is 2.92. The molecule has 1 aliphatic heterocycles. The molecule has 1 N–H and O–H groups in total. The van der Waals surface area contributed by atoms with Crippen molar-refractivity contribution in [3.8, 4) is 0 Å². The van der Waals surface area contributed by atoms with Gasteiger partial charge in [-0.25, -0.2) is 9.97 Å². The van der Waals surface area contributed by atoms with E-state index in [1.807, 2.05) is 13.0 Å². The molecule has 1 fully saturated rings. The number of hydrogen-bond acceptors (Lipinski definition) is 7. The second-order valence-corrected chi connectivity index (χ2v) is 6.37. The Hall–Kier alpha value is -2.51. The van der Waals surface area contributed by atoms with E-state index in [1.54, 1.807) is 11.8 Å². The van der Waals surface area contributed by atoms with Gasteiger partial charge in [0.2, 0.25) is 17.7 Å². The van der Waals surface area contributed by atoms with Crippen LogP contribution in [0.1, 0.15) is 49.3 Å². The molecule has 2 aromatic heterocycles. The SMILES string of the molecule is CCc1cc(C)nc(NC2CCCCN(Cc3nc(C)no3)C2=O)n1. The Balaban J connectivity index is 1.74. The molecule has 1 saturated heterocycles. The fraction of sp³-hybridized carbons (Fsp3) is 0.588. The monoisotopic (exact) mass is 344 g/mol. The Kier molecular flexibility index (Phi) is 5.25. The number of aryl methyl sites for hydroxylation is 3. The number of rotatable bonds is 5. The van der Waals surface area contributed by atoms with Gasteiger partial charge in [-0.2, -0.15) is 4.98 Å². The first-order valence-electron chi connectivity index (χ1n) is 8.74. The lowest BCUT2D eigenvalue weighted by Gasteiger charge is -2.23. The highest BCUT2D eigenvalue weighted by molar-refractivity contribution is 5.84. The number of hydrogen-bond donors (Lipinski definition) is 1. The molecule has 8 nitrogen and oxygen atoms in total. The molecule has 0 spiro atoms. The summed E-state index contributed by atoms with van der Waals surface area (Å²) in [4.78, 5) is 27.8. The largest absolute Gasteiger partial charge is 0.342 e. The number of aromatic nitrogens is 4. The second kappa shape index (κ2) is 7.58. The molecule has 2 aromatic rings. The maximum Gasteiger partial charge on any atom is 0.246 e. The standard InChI is InChI=1S/C17H24N6O2/c1-4-13-9-11(2)18-17(20-13)21-14-7-5-6-8-23(16(14)24)10-15-19-12(3)22-25-15/h9,14H,4-8,10H2,1-3H3,(H,18,20,21). The summed E-state index contributed by atoms with van der Waals surface area (Å²) < 4.78 is 5.16. The highest BCUT2D eigenvalue weighted by Gasteiger charge is 2.28. The summed E-state index contributed by atoms with van der Waals surface area (Å²) in [5, 5.41) is 7.01. The summed E-state index contributed by atoms with van der Waals surface area (Å²) in [5.74, 6) is 1.58. The second-order valence-electron chi connectivity index (χ2n) is 6.37. The number of nitrogens with zero attached hydrogens (tertiary/aromatic N) is 5. The Labute approximate surface area is 147 Å². The maximum atomic E-state index is 12.9. The van der Waals surface area contributed by atoms with Gasteiger partial charge in [0.1, 0.15) is 12.6 Å². The topological polar surface area (TPSA) is 97.0 Å². The van der Waals surface area contributed by atoms with Gasteiger partial charge in [0.15, 0.2) is 5.82 Å². The molecule has 25 heavy (non-hydrogen) atoms. The normalized spacial score (nSPS) is 18.3. The van der Waals surface area contributed by atoms with Gasteiger partial charge in [0.25, 0.3) is 0 Å². The summed E-state index contributed by atoms with van der Waals surface area (Å²) in [6, 6.07) is 1.63. The zero-order valence-electron chi connectivity index (χ0n) is 14.9. The van der Waals surface area contributed by atoms with E-state index >= 15 is 0 Å². The Morgan fingerprint density at radius 3 is 2.84 bits per heavy atom. The molecule has 0 saturated carbocycles. The van der Waals surface area contributed by atoms with E-state index in [1.165, 1.54) is 0 Å². The van der Waals surface area contributed by atoms with Crippen molar-refractivity contribution in [1.82, 2.24) is 25.0 Å². The minimum atomic E-state index is -0.335. The maximum absolute atomic E-state index is 12.9. The predicted molar refractivity (Wildman–Crippen MR) is 91.9 cm³/mol. The van der Waals surface area contributed by atoms with Crippen molar-refractivity contribution in [1.29, 1.82) is 0 Å². The van der Waals surface area contributed by atoms with E-state index in [2.05, 4.69) is 32.3 Å². The Morgan fingerprint density at radius 2 is 2.12 bits per heavy atom. The van der Waals surface area contributed by atoms with Crippen LogP contribution in [0.25, 0.3) is 0 Å².